The van der Waals surface area contributed by atoms with E-state index >= 15 is 0 Å². The fourth-order valence-corrected chi connectivity index (χ4v) is 2.53. The molecule has 3 nitrogen and oxygen atoms in total. The number of carbonyl (C=O) groups excluding carboxylic acids is 1. The van der Waals surface area contributed by atoms with Crippen LogP contribution >= 0.6 is 39.3 Å². The predicted octanol–water partition coefficient (Wildman–Crippen LogP) is 2.94. The molecule has 0 aliphatic carbocycles. The SMILES string of the molecule is O=C(NC1=NCCS1)c1cc(Br)ccc1Cl. The Balaban J connectivity index is 2.16. The van der Waals surface area contributed by atoms with Crippen molar-refractivity contribution in [3.8, 4) is 0 Å². The molecule has 1 aromatic carbocycles. The van der Waals surface area contributed by atoms with E-state index in [0.29, 0.717) is 15.8 Å². The topological polar surface area (TPSA) is 41.5 Å². The summed E-state index contributed by atoms with van der Waals surface area (Å²) in [5.41, 5.74) is 0.450. The molecule has 0 radical (unpaired) electrons. The van der Waals surface area contributed by atoms with Crippen LogP contribution in [-0.4, -0.2) is 23.4 Å². The maximum absolute atomic E-state index is 11.9. The molecular weight excluding hydrogens is 312 g/mol. The molecule has 1 aliphatic heterocycles. The molecule has 0 saturated heterocycles. The number of hydrogen-bond acceptors (Lipinski definition) is 3. The van der Waals surface area contributed by atoms with Crippen LogP contribution in [0.5, 0.6) is 0 Å². The molecule has 1 amide bonds. The van der Waals surface area contributed by atoms with Crippen molar-refractivity contribution in [2.75, 3.05) is 12.3 Å². The van der Waals surface area contributed by atoms with Crippen LogP contribution in [0.4, 0.5) is 0 Å². The highest BCUT2D eigenvalue weighted by molar-refractivity contribution is 9.10. The Morgan fingerprint density at radius 1 is 1.56 bits per heavy atom. The van der Waals surface area contributed by atoms with Gasteiger partial charge in [-0.2, -0.15) is 0 Å². The normalized spacial score (nSPS) is 14.8. The molecular formula is C10H8BrClN2OS. The number of aliphatic imine (C=N–C) groups is 1. The monoisotopic (exact) mass is 318 g/mol. The minimum atomic E-state index is -0.223. The van der Waals surface area contributed by atoms with Gasteiger partial charge in [-0.1, -0.05) is 39.3 Å². The third-order valence-corrected chi connectivity index (χ3v) is 3.69. The summed E-state index contributed by atoms with van der Waals surface area (Å²) in [5, 5.41) is 3.83. The Morgan fingerprint density at radius 2 is 2.38 bits per heavy atom. The summed E-state index contributed by atoms with van der Waals surface area (Å²) in [5.74, 6) is 0.696. The smallest absolute Gasteiger partial charge is 0.258 e. The first-order valence-electron chi connectivity index (χ1n) is 4.60. The van der Waals surface area contributed by atoms with Crippen molar-refractivity contribution >= 4 is 50.4 Å². The number of rotatable bonds is 1. The molecule has 0 bridgehead atoms. The van der Waals surface area contributed by atoms with E-state index in [1.165, 1.54) is 11.8 Å². The molecule has 1 aliphatic rings. The second kappa shape index (κ2) is 5.21. The van der Waals surface area contributed by atoms with Gasteiger partial charge in [-0.3, -0.25) is 9.79 Å². The molecule has 1 N–H and O–H groups in total. The maximum Gasteiger partial charge on any atom is 0.258 e. The second-order valence-corrected chi connectivity index (χ2v) is 5.52. The van der Waals surface area contributed by atoms with Crippen molar-refractivity contribution < 1.29 is 4.79 Å². The lowest BCUT2D eigenvalue weighted by Gasteiger charge is -2.06. The molecule has 1 aromatic rings. The summed E-state index contributed by atoms with van der Waals surface area (Å²) in [6.07, 6.45) is 0. The quantitative estimate of drug-likeness (QED) is 0.864. The zero-order valence-corrected chi connectivity index (χ0v) is 11.3. The van der Waals surface area contributed by atoms with Crippen LogP contribution in [0.2, 0.25) is 5.02 Å². The summed E-state index contributed by atoms with van der Waals surface area (Å²) >= 11 is 10.8. The first kappa shape index (κ1) is 12.0. The predicted molar refractivity (Wildman–Crippen MR) is 71.4 cm³/mol. The molecule has 16 heavy (non-hydrogen) atoms. The molecule has 2 rings (SSSR count). The number of thioether (sulfide) groups is 1. The van der Waals surface area contributed by atoms with Crippen LogP contribution < -0.4 is 5.32 Å². The van der Waals surface area contributed by atoms with Crippen molar-refractivity contribution in [2.45, 2.75) is 0 Å². The Labute approximate surface area is 111 Å². The Bertz CT molecular complexity index is 464. The molecule has 0 atom stereocenters. The van der Waals surface area contributed by atoms with Gasteiger partial charge >= 0.3 is 0 Å². The molecule has 1 heterocycles. The van der Waals surface area contributed by atoms with Crippen LogP contribution in [0.15, 0.2) is 27.7 Å². The van der Waals surface area contributed by atoms with Gasteiger partial charge in [0, 0.05) is 10.2 Å². The van der Waals surface area contributed by atoms with E-state index in [4.69, 9.17) is 11.6 Å². The largest absolute Gasteiger partial charge is 0.301 e. The van der Waals surface area contributed by atoms with Crippen molar-refractivity contribution in [3.05, 3.63) is 33.3 Å². The van der Waals surface area contributed by atoms with Crippen LogP contribution in [0.3, 0.4) is 0 Å². The lowest BCUT2D eigenvalue weighted by molar-refractivity contribution is 0.0978. The van der Waals surface area contributed by atoms with Gasteiger partial charge in [-0.15, -0.1) is 0 Å². The number of hydrogen-bond donors (Lipinski definition) is 1. The minimum Gasteiger partial charge on any atom is -0.301 e. The van der Waals surface area contributed by atoms with Gasteiger partial charge in [0.25, 0.3) is 5.91 Å². The number of halogens is 2. The van der Waals surface area contributed by atoms with Crippen LogP contribution in [0.25, 0.3) is 0 Å². The average Bonchev–Trinajstić information content (AvgIpc) is 2.74. The van der Waals surface area contributed by atoms with E-state index < -0.39 is 0 Å². The fraction of sp³-hybridized carbons (Fsp3) is 0.200. The highest BCUT2D eigenvalue weighted by atomic mass is 79.9. The zero-order chi connectivity index (χ0) is 11.5. The number of nitrogens with one attached hydrogen (secondary N) is 1. The number of carbonyl (C=O) groups is 1. The van der Waals surface area contributed by atoms with E-state index in [0.717, 1.165) is 16.8 Å². The van der Waals surface area contributed by atoms with Gasteiger partial charge in [-0.25, -0.2) is 0 Å². The van der Waals surface area contributed by atoms with Gasteiger partial charge in [0.15, 0.2) is 5.17 Å². The zero-order valence-electron chi connectivity index (χ0n) is 8.17. The summed E-state index contributed by atoms with van der Waals surface area (Å²) in [6, 6.07) is 5.17. The van der Waals surface area contributed by atoms with Crippen LogP contribution in [0.1, 0.15) is 10.4 Å². The second-order valence-electron chi connectivity index (χ2n) is 3.11. The number of amidine groups is 1. The summed E-state index contributed by atoms with van der Waals surface area (Å²) in [7, 11) is 0. The Kier molecular flexibility index (Phi) is 3.89. The van der Waals surface area contributed by atoms with Gasteiger partial charge < -0.3 is 5.32 Å². The first-order valence-corrected chi connectivity index (χ1v) is 6.76. The van der Waals surface area contributed by atoms with E-state index in [1.54, 1.807) is 18.2 Å². The molecule has 84 valence electrons. The fourth-order valence-electron chi connectivity index (χ4n) is 1.25. The molecule has 0 spiro atoms. The summed E-state index contributed by atoms with van der Waals surface area (Å²) in [6.45, 7) is 0.756. The minimum absolute atomic E-state index is 0.223. The van der Waals surface area contributed by atoms with E-state index in [9.17, 15) is 4.79 Å². The standard InChI is InChI=1S/C10H8BrClN2OS/c11-6-1-2-8(12)7(5-6)9(15)14-10-13-3-4-16-10/h1-2,5H,3-4H2,(H,13,14,15). The van der Waals surface area contributed by atoms with Crippen LogP contribution in [0, 0.1) is 0 Å². The van der Waals surface area contributed by atoms with Crippen molar-refractivity contribution in [2.24, 2.45) is 4.99 Å². The van der Waals surface area contributed by atoms with Crippen molar-refractivity contribution in [1.82, 2.24) is 5.32 Å². The van der Waals surface area contributed by atoms with Gasteiger partial charge in [0.05, 0.1) is 17.1 Å². The van der Waals surface area contributed by atoms with Gasteiger partial charge in [-0.05, 0) is 18.2 Å². The highest BCUT2D eigenvalue weighted by Gasteiger charge is 2.15. The first-order chi connectivity index (χ1) is 7.66. The van der Waals surface area contributed by atoms with E-state index in [1.807, 2.05) is 0 Å². The Hall–Kier alpha value is -0.520. The lowest BCUT2D eigenvalue weighted by atomic mass is 10.2. The van der Waals surface area contributed by atoms with Crippen molar-refractivity contribution in [1.29, 1.82) is 0 Å². The third kappa shape index (κ3) is 2.78. The number of nitrogens with zero attached hydrogens (tertiary/aromatic N) is 1. The van der Waals surface area contributed by atoms with Crippen LogP contribution in [-0.2, 0) is 0 Å². The average molecular weight is 320 g/mol. The summed E-state index contributed by atoms with van der Waals surface area (Å²) in [4.78, 5) is 16.0. The summed E-state index contributed by atoms with van der Waals surface area (Å²) < 4.78 is 0.822. The molecule has 0 fully saturated rings. The Morgan fingerprint density at radius 3 is 3.06 bits per heavy atom. The van der Waals surface area contributed by atoms with Gasteiger partial charge in [0.2, 0.25) is 0 Å². The van der Waals surface area contributed by atoms with Crippen molar-refractivity contribution in [3.63, 3.8) is 0 Å². The molecule has 0 saturated carbocycles. The number of amides is 1. The van der Waals surface area contributed by atoms with Gasteiger partial charge in [0.1, 0.15) is 0 Å². The highest BCUT2D eigenvalue weighted by Crippen LogP contribution is 2.21. The molecule has 0 unspecified atom stereocenters. The number of benzene rings is 1. The maximum atomic E-state index is 11.9. The molecule has 6 heteroatoms. The lowest BCUT2D eigenvalue weighted by Crippen LogP contribution is -2.27. The third-order valence-electron chi connectivity index (χ3n) is 1.98. The molecule has 0 aromatic heterocycles. The van der Waals surface area contributed by atoms with E-state index in [2.05, 4.69) is 26.2 Å². The van der Waals surface area contributed by atoms with E-state index in [-0.39, 0.29) is 5.91 Å².